The summed E-state index contributed by atoms with van der Waals surface area (Å²) >= 11 is 0. The molecule has 0 fully saturated rings. The Morgan fingerprint density at radius 3 is 2.29 bits per heavy atom. The molecule has 2 rings (SSSR count). The maximum Gasteiger partial charge on any atom is 0.308 e. The summed E-state index contributed by atoms with van der Waals surface area (Å²) < 4.78 is 56.1. The minimum Gasteiger partial charge on any atom is -0.454 e. The molecule has 0 saturated carbocycles. The number of hydrogen-bond donors (Lipinski definition) is 2. The molecule has 0 aliphatic rings. The Labute approximate surface area is 177 Å². The van der Waals surface area contributed by atoms with Gasteiger partial charge in [0, 0.05) is 23.9 Å². The second-order valence-electron chi connectivity index (χ2n) is 6.58. The van der Waals surface area contributed by atoms with Crippen molar-refractivity contribution in [1.29, 1.82) is 0 Å². The molecule has 0 aromatic heterocycles. The quantitative estimate of drug-likeness (QED) is 0.443. The highest BCUT2D eigenvalue weighted by Gasteiger charge is 2.20. The Morgan fingerprint density at radius 2 is 1.71 bits per heavy atom. The van der Waals surface area contributed by atoms with Gasteiger partial charge in [-0.2, -0.15) is 0 Å². The number of rotatable bonds is 9. The minimum absolute atomic E-state index is 0.179. The van der Waals surface area contributed by atoms with E-state index in [9.17, 15) is 31.6 Å². The smallest absolute Gasteiger partial charge is 0.308 e. The number of nitrogens with one attached hydrogen (secondary N) is 2. The number of anilines is 1. The fraction of sp³-hybridized carbons (Fsp3) is 0.250. The number of carbonyl (C=O) groups excluding carboxylic acids is 3. The van der Waals surface area contributed by atoms with Crippen LogP contribution in [0.5, 0.6) is 0 Å². The van der Waals surface area contributed by atoms with E-state index in [1.165, 1.54) is 31.2 Å². The molecule has 1 amide bonds. The number of Topliss-reactive ketones (excluding diaryl/α,β-unsaturated/α-hetero) is 1. The first kappa shape index (κ1) is 23.9. The molecule has 8 nitrogen and oxygen atoms in total. The molecule has 11 heteroatoms. The second kappa shape index (κ2) is 10.1. The first-order valence-electron chi connectivity index (χ1n) is 9.01. The van der Waals surface area contributed by atoms with E-state index in [1.54, 1.807) is 0 Å². The fourth-order valence-electron chi connectivity index (χ4n) is 2.51. The van der Waals surface area contributed by atoms with Crippen molar-refractivity contribution >= 4 is 33.4 Å². The van der Waals surface area contributed by atoms with Crippen molar-refractivity contribution in [1.82, 2.24) is 5.32 Å². The first-order chi connectivity index (χ1) is 14.5. The van der Waals surface area contributed by atoms with E-state index in [0.717, 1.165) is 18.4 Å². The van der Waals surface area contributed by atoms with Crippen molar-refractivity contribution < 1.29 is 36.3 Å². The van der Waals surface area contributed by atoms with Crippen LogP contribution < -0.4 is 10.0 Å². The maximum absolute atomic E-state index is 13.6. The van der Waals surface area contributed by atoms with Gasteiger partial charge in [0.15, 0.2) is 6.10 Å². The average molecular weight is 454 g/mol. The monoisotopic (exact) mass is 454 g/mol. The number of halogens is 2. The van der Waals surface area contributed by atoms with Crippen molar-refractivity contribution in [2.75, 3.05) is 17.5 Å². The molecule has 0 radical (unpaired) electrons. The van der Waals surface area contributed by atoms with E-state index in [0.29, 0.717) is 6.07 Å². The van der Waals surface area contributed by atoms with E-state index >= 15 is 0 Å². The van der Waals surface area contributed by atoms with Crippen LogP contribution >= 0.6 is 0 Å². The van der Waals surface area contributed by atoms with Crippen LogP contribution in [-0.4, -0.2) is 45.0 Å². The van der Waals surface area contributed by atoms with E-state index in [4.69, 9.17) is 4.74 Å². The topological polar surface area (TPSA) is 119 Å². The molecule has 0 spiro atoms. The van der Waals surface area contributed by atoms with Crippen LogP contribution in [0.3, 0.4) is 0 Å². The van der Waals surface area contributed by atoms with Gasteiger partial charge in [-0.05, 0) is 43.3 Å². The molecular formula is C20H20F2N2O6S. The zero-order chi connectivity index (χ0) is 23.2. The van der Waals surface area contributed by atoms with Crippen LogP contribution in [0.4, 0.5) is 14.5 Å². The van der Waals surface area contributed by atoms with Gasteiger partial charge in [-0.15, -0.1) is 0 Å². The van der Waals surface area contributed by atoms with Crippen LogP contribution in [0, 0.1) is 11.6 Å². The molecular weight excluding hydrogens is 434 g/mol. The van der Waals surface area contributed by atoms with Crippen LogP contribution in [-0.2, 0) is 19.6 Å². The molecule has 2 aromatic rings. The molecule has 1 unspecified atom stereocenters. The van der Waals surface area contributed by atoms with Crippen LogP contribution in [0.1, 0.15) is 34.1 Å². The fourth-order valence-corrected chi connectivity index (χ4v) is 3.07. The Morgan fingerprint density at radius 1 is 1.06 bits per heavy atom. The lowest BCUT2D eigenvalue weighted by Crippen LogP contribution is -2.29. The van der Waals surface area contributed by atoms with Gasteiger partial charge < -0.3 is 10.1 Å². The highest BCUT2D eigenvalue weighted by atomic mass is 32.2. The van der Waals surface area contributed by atoms with Crippen molar-refractivity contribution in [3.05, 3.63) is 65.2 Å². The predicted molar refractivity (Wildman–Crippen MR) is 108 cm³/mol. The number of hydrogen-bond acceptors (Lipinski definition) is 6. The third kappa shape index (κ3) is 7.45. The Hall–Kier alpha value is -3.34. The summed E-state index contributed by atoms with van der Waals surface area (Å²) in [6.07, 6.45) is -0.401. The molecule has 0 aliphatic carbocycles. The SMILES string of the molecule is CC(OC(=O)CCNC(=O)c1ccc(F)cc1F)C(=O)c1ccc(NS(C)(=O)=O)cc1. The van der Waals surface area contributed by atoms with E-state index in [-0.39, 0.29) is 29.8 Å². The normalized spacial score (nSPS) is 12.0. The largest absolute Gasteiger partial charge is 0.454 e. The van der Waals surface area contributed by atoms with Gasteiger partial charge >= 0.3 is 5.97 Å². The Balaban J connectivity index is 1.83. The summed E-state index contributed by atoms with van der Waals surface area (Å²) in [6.45, 7) is 1.19. The first-order valence-corrected chi connectivity index (χ1v) is 10.9. The third-order valence-electron chi connectivity index (χ3n) is 3.94. The number of ketones is 1. The Kier molecular flexibility index (Phi) is 7.81. The highest BCUT2D eigenvalue weighted by molar-refractivity contribution is 7.92. The number of esters is 1. The zero-order valence-electron chi connectivity index (χ0n) is 16.6. The standard InChI is InChI=1S/C20H20F2N2O6S/c1-12(19(26)13-3-6-15(7-4-13)24-31(2,28)29)30-18(25)9-10-23-20(27)16-8-5-14(21)11-17(16)22/h3-8,11-12,24H,9-10H2,1-2H3,(H,23,27). The maximum atomic E-state index is 13.6. The van der Waals surface area contributed by atoms with Crippen LogP contribution in [0.15, 0.2) is 42.5 Å². The molecule has 0 saturated heterocycles. The summed E-state index contributed by atoms with van der Waals surface area (Å²) in [6, 6.07) is 8.05. The summed E-state index contributed by atoms with van der Waals surface area (Å²) in [5, 5.41) is 2.31. The van der Waals surface area contributed by atoms with Gasteiger partial charge in [-0.3, -0.25) is 19.1 Å². The van der Waals surface area contributed by atoms with Crippen molar-refractivity contribution in [2.45, 2.75) is 19.4 Å². The lowest BCUT2D eigenvalue weighted by molar-refractivity contribution is -0.146. The second-order valence-corrected chi connectivity index (χ2v) is 8.33. The van der Waals surface area contributed by atoms with Gasteiger partial charge in [-0.1, -0.05) is 0 Å². The van der Waals surface area contributed by atoms with Gasteiger partial charge in [0.05, 0.1) is 18.2 Å². The lowest BCUT2D eigenvalue weighted by atomic mass is 10.1. The summed E-state index contributed by atoms with van der Waals surface area (Å²) in [5.74, 6) is -3.94. The van der Waals surface area contributed by atoms with Gasteiger partial charge in [0.1, 0.15) is 11.6 Å². The predicted octanol–water partition coefficient (Wildman–Crippen LogP) is 2.27. The van der Waals surface area contributed by atoms with E-state index in [1.807, 2.05) is 0 Å². The van der Waals surface area contributed by atoms with Crippen molar-refractivity contribution in [3.63, 3.8) is 0 Å². The molecule has 0 bridgehead atoms. The number of benzene rings is 2. The third-order valence-corrected chi connectivity index (χ3v) is 4.55. The lowest BCUT2D eigenvalue weighted by Gasteiger charge is -2.13. The number of carbonyl (C=O) groups is 3. The average Bonchev–Trinajstić information content (AvgIpc) is 2.66. The summed E-state index contributed by atoms with van der Waals surface area (Å²) in [5.41, 5.74) is 0.114. The van der Waals surface area contributed by atoms with Gasteiger partial charge in [0.2, 0.25) is 15.8 Å². The van der Waals surface area contributed by atoms with Crippen LogP contribution in [0.25, 0.3) is 0 Å². The molecule has 0 heterocycles. The van der Waals surface area contributed by atoms with E-state index in [2.05, 4.69) is 10.0 Å². The number of ether oxygens (including phenoxy) is 1. The van der Waals surface area contributed by atoms with Gasteiger partial charge in [0.25, 0.3) is 5.91 Å². The summed E-state index contributed by atoms with van der Waals surface area (Å²) in [4.78, 5) is 36.1. The van der Waals surface area contributed by atoms with Crippen LogP contribution in [0.2, 0.25) is 0 Å². The zero-order valence-corrected chi connectivity index (χ0v) is 17.5. The molecule has 0 aliphatic heterocycles. The Bertz CT molecular complexity index is 1090. The van der Waals surface area contributed by atoms with Gasteiger partial charge in [-0.25, -0.2) is 17.2 Å². The number of sulfonamides is 1. The molecule has 2 aromatic carbocycles. The highest BCUT2D eigenvalue weighted by Crippen LogP contribution is 2.14. The molecule has 1 atom stereocenters. The molecule has 2 N–H and O–H groups in total. The minimum atomic E-state index is -3.45. The van der Waals surface area contributed by atoms with Crippen molar-refractivity contribution in [3.8, 4) is 0 Å². The van der Waals surface area contributed by atoms with Crippen molar-refractivity contribution in [2.24, 2.45) is 0 Å². The molecule has 31 heavy (non-hydrogen) atoms. The molecule has 166 valence electrons. The summed E-state index contributed by atoms with van der Waals surface area (Å²) in [7, 11) is -3.45. The number of amides is 1. The van der Waals surface area contributed by atoms with E-state index < -0.39 is 45.4 Å².